The van der Waals surface area contributed by atoms with Gasteiger partial charge in [-0.3, -0.25) is 0 Å². The van der Waals surface area contributed by atoms with Crippen molar-refractivity contribution in [1.82, 2.24) is 0 Å². The average molecular weight is 238 g/mol. The summed E-state index contributed by atoms with van der Waals surface area (Å²) in [6.07, 6.45) is 0. The molecule has 0 atom stereocenters. The van der Waals surface area contributed by atoms with Crippen molar-refractivity contribution in [3.05, 3.63) is 28.2 Å². The fraction of sp³-hybridized carbons (Fsp3) is 0.143. The summed E-state index contributed by atoms with van der Waals surface area (Å²) in [6.45, 7) is 2.04. The highest BCUT2D eigenvalue weighted by Gasteiger charge is 2.00. The van der Waals surface area contributed by atoms with Crippen molar-refractivity contribution in [1.29, 1.82) is 0 Å². The van der Waals surface area contributed by atoms with Gasteiger partial charge in [-0.25, -0.2) is 0 Å². The molecule has 0 amide bonds. The Balaban J connectivity index is 3.17. The van der Waals surface area contributed by atoms with Gasteiger partial charge in [-0.2, -0.15) is 0 Å². The molecule has 0 nitrogen and oxygen atoms in total. The summed E-state index contributed by atoms with van der Waals surface area (Å²) in [5.74, 6) is 0. The predicted molar refractivity (Wildman–Crippen MR) is 50.6 cm³/mol. The molecular weight excluding hydrogens is 232 g/mol. The highest BCUT2D eigenvalue weighted by molar-refractivity contribution is 9.10. The Hall–Kier alpha value is 0.340. The van der Waals surface area contributed by atoms with E-state index in [0.29, 0.717) is 0 Å². The van der Waals surface area contributed by atoms with Gasteiger partial charge in [0.2, 0.25) is 0 Å². The van der Waals surface area contributed by atoms with Crippen LogP contribution in [0.3, 0.4) is 0 Å². The van der Waals surface area contributed by atoms with Gasteiger partial charge < -0.3 is 0 Å². The molecule has 0 heterocycles. The Bertz CT molecular complexity index is 217. The van der Waals surface area contributed by atoms with Crippen LogP contribution in [0.15, 0.2) is 27.6 Å². The number of benzene rings is 1. The molecule has 0 unspecified atom stereocenters. The van der Waals surface area contributed by atoms with E-state index < -0.39 is 0 Å². The van der Waals surface area contributed by atoms with Crippen molar-refractivity contribution in [2.24, 2.45) is 0 Å². The molecule has 10 heavy (non-hydrogen) atoms. The van der Waals surface area contributed by atoms with Gasteiger partial charge in [0.05, 0.1) is 0 Å². The SMILES string of the molecule is Cc1cccc(Br)c1SCl. The molecule has 0 saturated heterocycles. The van der Waals surface area contributed by atoms with Crippen molar-refractivity contribution < 1.29 is 0 Å². The van der Waals surface area contributed by atoms with Gasteiger partial charge in [0, 0.05) is 9.37 Å². The van der Waals surface area contributed by atoms with Crippen LogP contribution in [0.1, 0.15) is 5.56 Å². The molecule has 3 heteroatoms. The van der Waals surface area contributed by atoms with Gasteiger partial charge in [-0.1, -0.05) is 12.1 Å². The molecule has 0 N–H and O–H groups in total. The van der Waals surface area contributed by atoms with E-state index in [1.54, 1.807) is 0 Å². The Kier molecular flexibility index (Phi) is 3.08. The topological polar surface area (TPSA) is 0 Å². The smallest absolute Gasteiger partial charge is 0.0404 e. The summed E-state index contributed by atoms with van der Waals surface area (Å²) in [5, 5.41) is 0. The van der Waals surface area contributed by atoms with E-state index in [1.165, 1.54) is 16.5 Å². The van der Waals surface area contributed by atoms with E-state index in [1.807, 2.05) is 25.1 Å². The molecule has 0 spiro atoms. The van der Waals surface area contributed by atoms with Crippen LogP contribution in [0.25, 0.3) is 0 Å². The molecule has 0 aliphatic rings. The predicted octanol–water partition coefficient (Wildman–Crippen LogP) is 4.00. The first-order valence-electron chi connectivity index (χ1n) is 2.79. The summed E-state index contributed by atoms with van der Waals surface area (Å²) in [7, 11) is 6.87. The Morgan fingerprint density at radius 1 is 1.50 bits per heavy atom. The van der Waals surface area contributed by atoms with Crippen molar-refractivity contribution in [3.8, 4) is 0 Å². The van der Waals surface area contributed by atoms with Crippen LogP contribution in [0, 0.1) is 6.92 Å². The summed E-state index contributed by atoms with van der Waals surface area (Å²) in [5.41, 5.74) is 1.20. The fourth-order valence-corrected chi connectivity index (χ4v) is 2.65. The first kappa shape index (κ1) is 8.44. The molecule has 1 rings (SSSR count). The third kappa shape index (κ3) is 1.68. The van der Waals surface area contributed by atoms with E-state index in [0.717, 1.165) is 9.37 Å². The number of rotatable bonds is 1. The second kappa shape index (κ2) is 3.65. The van der Waals surface area contributed by atoms with Crippen LogP contribution in [0.5, 0.6) is 0 Å². The first-order chi connectivity index (χ1) is 4.75. The molecule has 0 saturated carbocycles. The minimum absolute atomic E-state index is 1.06. The molecule has 0 fully saturated rings. The largest absolute Gasteiger partial charge is 0.0608 e. The highest BCUT2D eigenvalue weighted by atomic mass is 79.9. The molecule has 1 aromatic rings. The maximum Gasteiger partial charge on any atom is 0.0404 e. The molecule has 0 aromatic heterocycles. The van der Waals surface area contributed by atoms with Crippen LogP contribution in [0.2, 0.25) is 0 Å². The van der Waals surface area contributed by atoms with Gasteiger partial charge in [-0.15, -0.1) is 0 Å². The molecular formula is C7H6BrClS. The number of halogens is 2. The van der Waals surface area contributed by atoms with Crippen molar-refractivity contribution in [2.75, 3.05) is 0 Å². The molecule has 1 aromatic carbocycles. The van der Waals surface area contributed by atoms with Crippen LogP contribution in [0.4, 0.5) is 0 Å². The lowest BCUT2D eigenvalue weighted by molar-refractivity contribution is 1.28. The quantitative estimate of drug-likeness (QED) is 0.711. The monoisotopic (exact) mass is 236 g/mol. The van der Waals surface area contributed by atoms with Gasteiger partial charge in [0.15, 0.2) is 0 Å². The molecule has 0 bridgehead atoms. The second-order valence-corrected chi connectivity index (χ2v) is 3.84. The number of aryl methyl sites for hydroxylation is 1. The maximum atomic E-state index is 5.62. The van der Waals surface area contributed by atoms with Gasteiger partial charge in [-0.05, 0) is 56.1 Å². The lowest BCUT2D eigenvalue weighted by Crippen LogP contribution is -1.76. The molecule has 0 aliphatic heterocycles. The fourth-order valence-electron chi connectivity index (χ4n) is 0.714. The standard InChI is InChI=1S/C7H6BrClS/c1-5-3-2-4-6(8)7(5)10-9/h2-4H,1H3. The number of hydrogen-bond donors (Lipinski definition) is 0. The van der Waals surface area contributed by atoms with Crippen molar-refractivity contribution in [2.45, 2.75) is 11.8 Å². The zero-order valence-electron chi connectivity index (χ0n) is 5.40. The summed E-state index contributed by atoms with van der Waals surface area (Å²) in [4.78, 5) is 1.10. The third-order valence-electron chi connectivity index (χ3n) is 1.24. The first-order valence-corrected chi connectivity index (χ1v) is 5.23. The van der Waals surface area contributed by atoms with Gasteiger partial charge in [0.25, 0.3) is 0 Å². The Morgan fingerprint density at radius 2 is 2.20 bits per heavy atom. The summed E-state index contributed by atoms with van der Waals surface area (Å²) >= 11 is 3.40. The average Bonchev–Trinajstić information content (AvgIpc) is 1.88. The molecule has 0 aliphatic carbocycles. The molecule has 54 valence electrons. The summed E-state index contributed by atoms with van der Waals surface area (Å²) in [6, 6.07) is 6.02. The highest BCUT2D eigenvalue weighted by Crippen LogP contribution is 2.32. The minimum Gasteiger partial charge on any atom is -0.0608 e. The minimum atomic E-state index is 1.06. The van der Waals surface area contributed by atoms with Gasteiger partial charge in [0.1, 0.15) is 0 Å². The zero-order valence-corrected chi connectivity index (χ0v) is 8.55. The molecule has 0 radical (unpaired) electrons. The van der Waals surface area contributed by atoms with Gasteiger partial charge >= 0.3 is 0 Å². The van der Waals surface area contributed by atoms with Crippen LogP contribution >= 0.6 is 37.6 Å². The Morgan fingerprint density at radius 3 is 2.60 bits per heavy atom. The van der Waals surface area contributed by atoms with E-state index in [2.05, 4.69) is 15.9 Å². The van der Waals surface area contributed by atoms with Crippen molar-refractivity contribution in [3.63, 3.8) is 0 Å². The van der Waals surface area contributed by atoms with Crippen LogP contribution in [-0.4, -0.2) is 0 Å². The van der Waals surface area contributed by atoms with E-state index in [-0.39, 0.29) is 0 Å². The van der Waals surface area contributed by atoms with E-state index in [4.69, 9.17) is 10.7 Å². The lowest BCUT2D eigenvalue weighted by Gasteiger charge is -2.01. The third-order valence-corrected chi connectivity index (χ3v) is 3.32. The van der Waals surface area contributed by atoms with E-state index >= 15 is 0 Å². The van der Waals surface area contributed by atoms with E-state index in [9.17, 15) is 0 Å². The lowest BCUT2D eigenvalue weighted by atomic mass is 10.2. The number of hydrogen-bond acceptors (Lipinski definition) is 1. The Labute approximate surface area is 77.6 Å². The van der Waals surface area contributed by atoms with Crippen LogP contribution < -0.4 is 0 Å². The summed E-state index contributed by atoms with van der Waals surface area (Å²) < 4.78 is 1.06. The second-order valence-electron chi connectivity index (χ2n) is 1.96. The maximum absolute atomic E-state index is 5.62. The van der Waals surface area contributed by atoms with Crippen LogP contribution in [-0.2, 0) is 0 Å². The van der Waals surface area contributed by atoms with Crippen molar-refractivity contribution >= 4 is 37.6 Å². The normalized spacial score (nSPS) is 9.90. The zero-order chi connectivity index (χ0) is 7.56.